The summed E-state index contributed by atoms with van der Waals surface area (Å²) in [4.78, 5) is 32.9. The van der Waals surface area contributed by atoms with E-state index in [0.29, 0.717) is 25.9 Å². The van der Waals surface area contributed by atoms with Crippen LogP contribution in [-0.2, 0) is 14.4 Å². The first kappa shape index (κ1) is 17.4. The van der Waals surface area contributed by atoms with Crippen molar-refractivity contribution >= 4 is 17.8 Å². The van der Waals surface area contributed by atoms with Crippen LogP contribution in [0.3, 0.4) is 0 Å². The van der Waals surface area contributed by atoms with Crippen molar-refractivity contribution in [3.8, 4) is 0 Å². The third kappa shape index (κ3) is 12.7. The monoisotopic (exact) mass is 272 g/mol. The Morgan fingerprint density at radius 2 is 1.37 bits per heavy atom. The number of aliphatic carboxylic acids is 1. The average molecular weight is 272 g/mol. The lowest BCUT2D eigenvalue weighted by Crippen LogP contribution is -2.28. The van der Waals surface area contributed by atoms with Crippen molar-refractivity contribution in [2.75, 3.05) is 13.1 Å². The lowest BCUT2D eigenvalue weighted by atomic mass is 10.2. The van der Waals surface area contributed by atoms with Crippen LogP contribution in [0.1, 0.15) is 51.9 Å². The normalized spacial score (nSPS) is 9.95. The zero-order valence-corrected chi connectivity index (χ0v) is 11.5. The Bertz CT molecular complexity index is 292. The van der Waals surface area contributed by atoms with E-state index in [4.69, 9.17) is 5.11 Å². The number of carboxylic acids is 1. The van der Waals surface area contributed by atoms with Crippen LogP contribution in [0.15, 0.2) is 0 Å². The zero-order valence-electron chi connectivity index (χ0n) is 11.5. The van der Waals surface area contributed by atoms with Gasteiger partial charge in [-0.05, 0) is 19.3 Å². The molecule has 0 heterocycles. The molecular weight excluding hydrogens is 248 g/mol. The average Bonchev–Trinajstić information content (AvgIpc) is 2.36. The standard InChI is InChI=1S/C13H24N2O4/c1-2-3-9-14-11(16)7-8-12(17)15-10-5-4-6-13(18)19/h2-10H2,1H3,(H,14,16)(H,15,17)(H,18,19). The van der Waals surface area contributed by atoms with E-state index in [1.165, 1.54) is 0 Å². The van der Waals surface area contributed by atoms with E-state index < -0.39 is 5.97 Å². The molecule has 0 aliphatic heterocycles. The third-order valence-electron chi connectivity index (χ3n) is 2.57. The summed E-state index contributed by atoms with van der Waals surface area (Å²) in [5.41, 5.74) is 0. The summed E-state index contributed by atoms with van der Waals surface area (Å²) in [6.45, 7) is 3.17. The summed E-state index contributed by atoms with van der Waals surface area (Å²) in [7, 11) is 0. The zero-order chi connectivity index (χ0) is 14.5. The highest BCUT2D eigenvalue weighted by atomic mass is 16.4. The van der Waals surface area contributed by atoms with Gasteiger partial charge in [-0.15, -0.1) is 0 Å². The summed E-state index contributed by atoms with van der Waals surface area (Å²) >= 11 is 0. The van der Waals surface area contributed by atoms with E-state index in [2.05, 4.69) is 10.6 Å². The number of nitrogens with one attached hydrogen (secondary N) is 2. The Morgan fingerprint density at radius 3 is 1.84 bits per heavy atom. The van der Waals surface area contributed by atoms with Crippen molar-refractivity contribution in [2.24, 2.45) is 0 Å². The molecule has 110 valence electrons. The van der Waals surface area contributed by atoms with Gasteiger partial charge in [-0.3, -0.25) is 14.4 Å². The van der Waals surface area contributed by atoms with Gasteiger partial charge in [-0.1, -0.05) is 13.3 Å². The molecule has 0 aliphatic rings. The Morgan fingerprint density at radius 1 is 0.842 bits per heavy atom. The van der Waals surface area contributed by atoms with Gasteiger partial charge in [0.25, 0.3) is 0 Å². The number of hydrogen-bond donors (Lipinski definition) is 3. The first-order valence-electron chi connectivity index (χ1n) is 6.81. The van der Waals surface area contributed by atoms with Crippen LogP contribution in [0.5, 0.6) is 0 Å². The summed E-state index contributed by atoms with van der Waals surface area (Å²) in [6, 6.07) is 0. The van der Waals surface area contributed by atoms with Crippen molar-refractivity contribution in [2.45, 2.75) is 51.9 Å². The molecule has 0 spiro atoms. The number of hydrogen-bond acceptors (Lipinski definition) is 3. The van der Waals surface area contributed by atoms with E-state index in [0.717, 1.165) is 12.8 Å². The SMILES string of the molecule is CCCCNC(=O)CCC(=O)NCCCCC(=O)O. The summed E-state index contributed by atoms with van der Waals surface area (Å²) in [6.07, 6.45) is 3.66. The van der Waals surface area contributed by atoms with Gasteiger partial charge in [0.1, 0.15) is 0 Å². The molecule has 2 amide bonds. The van der Waals surface area contributed by atoms with Gasteiger partial charge in [0.15, 0.2) is 0 Å². The third-order valence-corrected chi connectivity index (χ3v) is 2.57. The molecule has 0 aliphatic carbocycles. The van der Waals surface area contributed by atoms with Crippen molar-refractivity contribution in [1.82, 2.24) is 10.6 Å². The minimum atomic E-state index is -0.824. The predicted molar refractivity (Wildman–Crippen MR) is 71.6 cm³/mol. The number of carboxylic acid groups (broad SMARTS) is 1. The molecular formula is C13H24N2O4. The first-order valence-corrected chi connectivity index (χ1v) is 6.81. The predicted octanol–water partition coefficient (Wildman–Crippen LogP) is 1.05. The molecule has 0 saturated carbocycles. The molecule has 19 heavy (non-hydrogen) atoms. The highest BCUT2D eigenvalue weighted by Crippen LogP contribution is 1.95. The number of amides is 2. The van der Waals surface area contributed by atoms with Gasteiger partial charge in [0.05, 0.1) is 0 Å². The maximum atomic E-state index is 11.4. The number of carbonyl (C=O) groups excluding carboxylic acids is 2. The summed E-state index contributed by atoms with van der Waals surface area (Å²) < 4.78 is 0. The Hall–Kier alpha value is -1.59. The van der Waals surface area contributed by atoms with Crippen molar-refractivity contribution in [3.63, 3.8) is 0 Å². The van der Waals surface area contributed by atoms with E-state index in [1.54, 1.807) is 0 Å². The molecule has 3 N–H and O–H groups in total. The molecule has 6 heteroatoms. The van der Waals surface area contributed by atoms with Gasteiger partial charge in [-0.25, -0.2) is 0 Å². The van der Waals surface area contributed by atoms with Crippen LogP contribution < -0.4 is 10.6 Å². The highest BCUT2D eigenvalue weighted by molar-refractivity contribution is 5.83. The van der Waals surface area contributed by atoms with Crippen LogP contribution in [0, 0.1) is 0 Å². The smallest absolute Gasteiger partial charge is 0.303 e. The molecule has 0 rings (SSSR count). The molecule has 0 saturated heterocycles. The minimum absolute atomic E-state index is 0.102. The maximum Gasteiger partial charge on any atom is 0.303 e. The first-order chi connectivity index (χ1) is 9.06. The minimum Gasteiger partial charge on any atom is -0.481 e. The molecule has 0 fully saturated rings. The van der Waals surface area contributed by atoms with Gasteiger partial charge in [0.2, 0.25) is 11.8 Å². The van der Waals surface area contributed by atoms with Crippen LogP contribution in [0.25, 0.3) is 0 Å². The molecule has 0 unspecified atom stereocenters. The van der Waals surface area contributed by atoms with E-state index in [9.17, 15) is 14.4 Å². The van der Waals surface area contributed by atoms with Crippen LogP contribution in [0.4, 0.5) is 0 Å². The lowest BCUT2D eigenvalue weighted by Gasteiger charge is -2.05. The number of unbranched alkanes of at least 4 members (excludes halogenated alkanes) is 2. The summed E-state index contributed by atoms with van der Waals surface area (Å²) in [5.74, 6) is -1.09. The number of carbonyl (C=O) groups is 3. The van der Waals surface area contributed by atoms with Gasteiger partial charge in [-0.2, -0.15) is 0 Å². The van der Waals surface area contributed by atoms with E-state index in [-0.39, 0.29) is 31.1 Å². The Kier molecular flexibility index (Phi) is 10.5. The molecule has 0 aromatic carbocycles. The second-order valence-electron chi connectivity index (χ2n) is 4.40. The molecule has 6 nitrogen and oxygen atoms in total. The number of rotatable bonds is 11. The largest absolute Gasteiger partial charge is 0.481 e. The Labute approximate surface area is 113 Å². The van der Waals surface area contributed by atoms with Gasteiger partial charge in [0, 0.05) is 32.4 Å². The molecule has 0 atom stereocenters. The van der Waals surface area contributed by atoms with Gasteiger partial charge < -0.3 is 15.7 Å². The van der Waals surface area contributed by atoms with Crippen LogP contribution in [-0.4, -0.2) is 36.0 Å². The maximum absolute atomic E-state index is 11.4. The Balaban J connectivity index is 3.43. The summed E-state index contributed by atoms with van der Waals surface area (Å²) in [5, 5.41) is 13.8. The van der Waals surface area contributed by atoms with Crippen LogP contribution >= 0.6 is 0 Å². The van der Waals surface area contributed by atoms with Crippen molar-refractivity contribution < 1.29 is 19.5 Å². The highest BCUT2D eigenvalue weighted by Gasteiger charge is 2.06. The molecule has 0 aromatic heterocycles. The lowest BCUT2D eigenvalue weighted by molar-refractivity contribution is -0.137. The fraction of sp³-hybridized carbons (Fsp3) is 0.769. The molecule has 0 radical (unpaired) electrons. The second kappa shape index (κ2) is 11.5. The fourth-order valence-electron chi connectivity index (χ4n) is 1.44. The van der Waals surface area contributed by atoms with Crippen molar-refractivity contribution in [1.29, 1.82) is 0 Å². The molecule has 0 aromatic rings. The fourth-order valence-corrected chi connectivity index (χ4v) is 1.44. The van der Waals surface area contributed by atoms with Crippen molar-refractivity contribution in [3.05, 3.63) is 0 Å². The van der Waals surface area contributed by atoms with Gasteiger partial charge >= 0.3 is 5.97 Å². The van der Waals surface area contributed by atoms with E-state index >= 15 is 0 Å². The quantitative estimate of drug-likeness (QED) is 0.490. The van der Waals surface area contributed by atoms with E-state index in [1.807, 2.05) is 6.92 Å². The second-order valence-corrected chi connectivity index (χ2v) is 4.40. The van der Waals surface area contributed by atoms with Crippen LogP contribution in [0.2, 0.25) is 0 Å². The topological polar surface area (TPSA) is 95.5 Å². The molecule has 0 bridgehead atoms.